The molecule has 0 amide bonds. The first-order valence-electron chi connectivity index (χ1n) is 4.47. The lowest BCUT2D eigenvalue weighted by molar-refractivity contribution is -0.119. The number of carbonyl (C=O) groups is 1. The summed E-state index contributed by atoms with van der Waals surface area (Å²) in [5.41, 5.74) is 2.39. The van der Waals surface area contributed by atoms with Gasteiger partial charge in [0.05, 0.1) is 0 Å². The van der Waals surface area contributed by atoms with Crippen LogP contribution in [0.3, 0.4) is 0 Å². The molecule has 0 aromatic heterocycles. The third kappa shape index (κ3) is 1.61. The zero-order valence-corrected chi connectivity index (χ0v) is 8.27. The molecule has 1 nitrogen and oxygen atoms in total. The van der Waals surface area contributed by atoms with Crippen molar-refractivity contribution in [1.82, 2.24) is 0 Å². The Morgan fingerprint density at radius 3 is 3.00 bits per heavy atom. The summed E-state index contributed by atoms with van der Waals surface area (Å²) in [6.07, 6.45) is 1.23. The maximum Gasteiger partial charge on any atom is 0.137 e. The van der Waals surface area contributed by atoms with Crippen molar-refractivity contribution in [2.75, 3.05) is 0 Å². The number of carbonyl (C=O) groups excluding carboxylic acids is 1. The molecule has 0 heterocycles. The summed E-state index contributed by atoms with van der Waals surface area (Å²) < 4.78 is 0. The molecule has 2 heteroatoms. The van der Waals surface area contributed by atoms with Gasteiger partial charge in [-0.2, -0.15) is 0 Å². The van der Waals surface area contributed by atoms with Crippen LogP contribution in [0.15, 0.2) is 18.2 Å². The standard InChI is InChI=1S/C11H11ClO/c1-7-4-10(13)6-8-5-9(12)2-3-11(7)8/h2-3,5,7H,4,6H2,1H3/t7-/m1/s1. The topological polar surface area (TPSA) is 17.1 Å². The molecule has 0 N–H and O–H groups in total. The molecule has 13 heavy (non-hydrogen) atoms. The lowest BCUT2D eigenvalue weighted by Crippen LogP contribution is -2.16. The smallest absolute Gasteiger partial charge is 0.137 e. The lowest BCUT2D eigenvalue weighted by Gasteiger charge is -2.21. The average molecular weight is 195 g/mol. The van der Waals surface area contributed by atoms with Gasteiger partial charge in [-0.1, -0.05) is 24.6 Å². The number of hydrogen-bond donors (Lipinski definition) is 0. The Kier molecular flexibility index (Phi) is 2.12. The summed E-state index contributed by atoms with van der Waals surface area (Å²) >= 11 is 5.86. The first-order valence-corrected chi connectivity index (χ1v) is 4.84. The predicted octanol–water partition coefficient (Wildman–Crippen LogP) is 2.96. The third-order valence-corrected chi connectivity index (χ3v) is 2.79. The molecule has 1 aromatic carbocycles. The van der Waals surface area contributed by atoms with Crippen LogP contribution in [-0.2, 0) is 11.2 Å². The monoisotopic (exact) mass is 194 g/mol. The summed E-state index contributed by atoms with van der Waals surface area (Å²) in [5, 5.41) is 0.723. The fraction of sp³-hybridized carbons (Fsp3) is 0.364. The van der Waals surface area contributed by atoms with Gasteiger partial charge >= 0.3 is 0 Å². The van der Waals surface area contributed by atoms with Gasteiger partial charge in [-0.25, -0.2) is 0 Å². The molecule has 0 saturated heterocycles. The van der Waals surface area contributed by atoms with Gasteiger partial charge in [0.25, 0.3) is 0 Å². The van der Waals surface area contributed by atoms with Gasteiger partial charge in [0.1, 0.15) is 5.78 Å². The van der Waals surface area contributed by atoms with Crippen LogP contribution < -0.4 is 0 Å². The second-order valence-corrected chi connectivity index (χ2v) is 4.10. The summed E-state index contributed by atoms with van der Waals surface area (Å²) in [7, 11) is 0. The molecule has 1 aliphatic carbocycles. The Hall–Kier alpha value is -0.820. The molecule has 0 radical (unpaired) electrons. The van der Waals surface area contributed by atoms with Gasteiger partial charge in [0.15, 0.2) is 0 Å². The van der Waals surface area contributed by atoms with E-state index in [9.17, 15) is 4.79 Å². The van der Waals surface area contributed by atoms with Crippen molar-refractivity contribution in [3.05, 3.63) is 34.3 Å². The summed E-state index contributed by atoms with van der Waals surface area (Å²) in [6, 6.07) is 5.84. The van der Waals surface area contributed by atoms with E-state index in [1.54, 1.807) is 0 Å². The highest BCUT2D eigenvalue weighted by Crippen LogP contribution is 2.30. The molecular formula is C11H11ClO. The highest BCUT2D eigenvalue weighted by Gasteiger charge is 2.21. The van der Waals surface area contributed by atoms with Crippen LogP contribution in [0.2, 0.25) is 5.02 Å². The molecule has 1 atom stereocenters. The average Bonchev–Trinajstić information content (AvgIpc) is 2.02. The van der Waals surface area contributed by atoms with Gasteiger partial charge in [0.2, 0.25) is 0 Å². The number of halogens is 1. The van der Waals surface area contributed by atoms with Crippen molar-refractivity contribution in [3.63, 3.8) is 0 Å². The van der Waals surface area contributed by atoms with Crippen molar-refractivity contribution in [2.24, 2.45) is 0 Å². The molecule has 0 unspecified atom stereocenters. The van der Waals surface area contributed by atoms with E-state index in [0.717, 1.165) is 10.6 Å². The van der Waals surface area contributed by atoms with Crippen molar-refractivity contribution in [1.29, 1.82) is 0 Å². The molecule has 0 fully saturated rings. The van der Waals surface area contributed by atoms with E-state index in [0.29, 0.717) is 24.5 Å². The number of benzene rings is 1. The van der Waals surface area contributed by atoms with Crippen molar-refractivity contribution < 1.29 is 4.79 Å². The normalized spacial score (nSPS) is 21.4. The van der Waals surface area contributed by atoms with E-state index in [1.165, 1.54) is 5.56 Å². The Labute approximate surface area is 82.7 Å². The summed E-state index contributed by atoms with van der Waals surface area (Å²) in [6.45, 7) is 2.09. The molecule has 0 saturated carbocycles. The second kappa shape index (κ2) is 3.15. The van der Waals surface area contributed by atoms with Crippen LogP contribution in [-0.4, -0.2) is 5.78 Å². The van der Waals surface area contributed by atoms with Crippen molar-refractivity contribution >= 4 is 17.4 Å². The molecule has 0 aliphatic heterocycles. The maximum atomic E-state index is 11.3. The van der Waals surface area contributed by atoms with Crippen LogP contribution >= 0.6 is 11.6 Å². The van der Waals surface area contributed by atoms with Gasteiger partial charge in [-0.3, -0.25) is 4.79 Å². The van der Waals surface area contributed by atoms with Gasteiger partial charge in [-0.15, -0.1) is 0 Å². The number of Topliss-reactive ketones (excluding diaryl/α,β-unsaturated/α-hetero) is 1. The first kappa shape index (κ1) is 8.76. The second-order valence-electron chi connectivity index (χ2n) is 3.66. The Bertz CT molecular complexity index is 357. The number of hydrogen-bond acceptors (Lipinski definition) is 1. The van der Waals surface area contributed by atoms with E-state index in [4.69, 9.17) is 11.6 Å². The van der Waals surface area contributed by atoms with E-state index >= 15 is 0 Å². The van der Waals surface area contributed by atoms with Crippen LogP contribution in [0.5, 0.6) is 0 Å². The van der Waals surface area contributed by atoms with E-state index in [-0.39, 0.29) is 0 Å². The molecule has 1 aliphatic rings. The zero-order chi connectivity index (χ0) is 9.42. The maximum absolute atomic E-state index is 11.3. The highest BCUT2D eigenvalue weighted by molar-refractivity contribution is 6.30. The quantitative estimate of drug-likeness (QED) is 0.621. The minimum absolute atomic E-state index is 0.322. The molecule has 68 valence electrons. The SMILES string of the molecule is C[C@@H]1CC(=O)Cc2cc(Cl)ccc21. The van der Waals surface area contributed by atoms with Crippen molar-refractivity contribution in [3.8, 4) is 0 Å². The fourth-order valence-corrected chi connectivity index (χ4v) is 2.14. The van der Waals surface area contributed by atoms with Crippen LogP contribution in [0.4, 0.5) is 0 Å². The van der Waals surface area contributed by atoms with Crippen molar-refractivity contribution in [2.45, 2.75) is 25.7 Å². The van der Waals surface area contributed by atoms with Gasteiger partial charge in [0, 0.05) is 17.9 Å². The fourth-order valence-electron chi connectivity index (χ4n) is 1.94. The molecular weight excluding hydrogens is 184 g/mol. The Morgan fingerprint density at radius 2 is 2.23 bits per heavy atom. The number of fused-ring (bicyclic) bond motifs is 1. The van der Waals surface area contributed by atoms with E-state index in [1.807, 2.05) is 18.2 Å². The minimum atomic E-state index is 0.322. The lowest BCUT2D eigenvalue weighted by atomic mass is 9.83. The van der Waals surface area contributed by atoms with Crippen LogP contribution in [0.25, 0.3) is 0 Å². The highest BCUT2D eigenvalue weighted by atomic mass is 35.5. The molecule has 1 aromatic rings. The third-order valence-electron chi connectivity index (χ3n) is 2.56. The van der Waals surface area contributed by atoms with Crippen LogP contribution in [0.1, 0.15) is 30.4 Å². The molecule has 0 spiro atoms. The summed E-state index contributed by atoms with van der Waals surface area (Å²) in [4.78, 5) is 11.3. The zero-order valence-electron chi connectivity index (χ0n) is 7.51. The van der Waals surface area contributed by atoms with Gasteiger partial charge in [-0.05, 0) is 29.2 Å². The Morgan fingerprint density at radius 1 is 1.46 bits per heavy atom. The number of rotatable bonds is 0. The summed E-state index contributed by atoms with van der Waals surface area (Å²) in [5.74, 6) is 0.677. The Balaban J connectivity index is 2.49. The van der Waals surface area contributed by atoms with Crippen LogP contribution in [0, 0.1) is 0 Å². The predicted molar refractivity (Wildman–Crippen MR) is 53.2 cm³/mol. The van der Waals surface area contributed by atoms with E-state index in [2.05, 4.69) is 6.92 Å². The first-order chi connectivity index (χ1) is 6.16. The molecule has 0 bridgehead atoms. The minimum Gasteiger partial charge on any atom is -0.299 e. The number of ketones is 1. The van der Waals surface area contributed by atoms with Gasteiger partial charge < -0.3 is 0 Å². The molecule has 2 rings (SSSR count). The van der Waals surface area contributed by atoms with E-state index < -0.39 is 0 Å². The largest absolute Gasteiger partial charge is 0.299 e.